The molecule has 0 radical (unpaired) electrons. The van der Waals surface area contributed by atoms with E-state index in [1.807, 2.05) is 18.5 Å². The van der Waals surface area contributed by atoms with Crippen LogP contribution in [0.15, 0.2) is 43.2 Å². The van der Waals surface area contributed by atoms with Crippen molar-refractivity contribution in [2.24, 2.45) is 0 Å². The Morgan fingerprint density at radius 1 is 1.29 bits per heavy atom. The molecule has 0 aliphatic carbocycles. The Morgan fingerprint density at radius 2 is 2.06 bits per heavy atom. The van der Waals surface area contributed by atoms with E-state index in [1.54, 1.807) is 0 Å². The minimum absolute atomic E-state index is 1.04. The van der Waals surface area contributed by atoms with Crippen LogP contribution in [0.2, 0.25) is 0 Å². The van der Waals surface area contributed by atoms with E-state index in [0.717, 1.165) is 23.5 Å². The van der Waals surface area contributed by atoms with Crippen molar-refractivity contribution < 1.29 is 0 Å². The summed E-state index contributed by atoms with van der Waals surface area (Å²) in [4.78, 5) is 4.43. The standard InChI is InChI=1S/C15H18N2/c1-3-5-11-17-12-10-16-15(17)14-8-6-13(4-2)7-9-14/h4,6-10,12H,2-3,5,11H2,1H3. The molecular formula is C15H18N2. The van der Waals surface area contributed by atoms with Gasteiger partial charge in [-0.25, -0.2) is 4.98 Å². The Bertz CT molecular complexity index is 480. The number of aromatic nitrogens is 2. The van der Waals surface area contributed by atoms with Crippen molar-refractivity contribution in [2.75, 3.05) is 0 Å². The van der Waals surface area contributed by atoms with Crippen LogP contribution in [0.25, 0.3) is 17.5 Å². The third kappa shape index (κ3) is 2.64. The number of hydrogen-bond donors (Lipinski definition) is 0. The van der Waals surface area contributed by atoms with Crippen LogP contribution in [0.4, 0.5) is 0 Å². The first-order chi connectivity index (χ1) is 8.35. The third-order valence-corrected chi connectivity index (χ3v) is 2.87. The van der Waals surface area contributed by atoms with Crippen molar-refractivity contribution in [3.8, 4) is 11.4 Å². The fraction of sp³-hybridized carbons (Fsp3) is 0.267. The molecule has 0 saturated carbocycles. The second kappa shape index (κ2) is 5.48. The van der Waals surface area contributed by atoms with Crippen LogP contribution in [0.1, 0.15) is 25.3 Å². The van der Waals surface area contributed by atoms with Gasteiger partial charge in [0, 0.05) is 24.5 Å². The van der Waals surface area contributed by atoms with Crippen LogP contribution in [-0.2, 0) is 6.54 Å². The van der Waals surface area contributed by atoms with E-state index >= 15 is 0 Å². The quantitative estimate of drug-likeness (QED) is 0.753. The molecule has 0 atom stereocenters. The van der Waals surface area contributed by atoms with E-state index in [2.05, 4.69) is 47.3 Å². The summed E-state index contributed by atoms with van der Waals surface area (Å²) in [6.07, 6.45) is 8.16. The van der Waals surface area contributed by atoms with E-state index in [-0.39, 0.29) is 0 Å². The van der Waals surface area contributed by atoms with Crippen molar-refractivity contribution in [1.82, 2.24) is 9.55 Å². The number of hydrogen-bond acceptors (Lipinski definition) is 1. The molecule has 0 fully saturated rings. The van der Waals surface area contributed by atoms with E-state index in [4.69, 9.17) is 0 Å². The topological polar surface area (TPSA) is 17.8 Å². The highest BCUT2D eigenvalue weighted by atomic mass is 15.1. The van der Waals surface area contributed by atoms with Gasteiger partial charge in [-0.2, -0.15) is 0 Å². The fourth-order valence-electron chi connectivity index (χ4n) is 1.85. The molecule has 1 aromatic carbocycles. The van der Waals surface area contributed by atoms with Gasteiger partial charge in [-0.15, -0.1) is 0 Å². The summed E-state index contributed by atoms with van der Waals surface area (Å²) in [7, 11) is 0. The van der Waals surface area contributed by atoms with Crippen LogP contribution in [0, 0.1) is 0 Å². The molecule has 2 nitrogen and oxygen atoms in total. The van der Waals surface area contributed by atoms with Gasteiger partial charge in [0.25, 0.3) is 0 Å². The van der Waals surface area contributed by atoms with E-state index in [0.29, 0.717) is 0 Å². The molecular weight excluding hydrogens is 208 g/mol. The molecule has 0 unspecified atom stereocenters. The maximum absolute atomic E-state index is 4.43. The highest BCUT2D eigenvalue weighted by molar-refractivity contribution is 5.59. The summed E-state index contributed by atoms with van der Waals surface area (Å²) in [5, 5.41) is 0. The number of unbranched alkanes of at least 4 members (excludes halogenated alkanes) is 1. The average molecular weight is 226 g/mol. The molecule has 0 spiro atoms. The number of imidazole rings is 1. The molecule has 1 aromatic heterocycles. The first kappa shape index (κ1) is 11.6. The number of rotatable bonds is 5. The summed E-state index contributed by atoms with van der Waals surface area (Å²) in [5.41, 5.74) is 2.30. The zero-order valence-electron chi connectivity index (χ0n) is 10.3. The first-order valence-electron chi connectivity index (χ1n) is 6.09. The Hall–Kier alpha value is -1.83. The van der Waals surface area contributed by atoms with Gasteiger partial charge in [0.05, 0.1) is 0 Å². The average Bonchev–Trinajstić information content (AvgIpc) is 2.84. The summed E-state index contributed by atoms with van der Waals surface area (Å²) < 4.78 is 2.21. The molecule has 17 heavy (non-hydrogen) atoms. The van der Waals surface area contributed by atoms with Crippen molar-refractivity contribution in [3.05, 3.63) is 48.8 Å². The first-order valence-corrected chi connectivity index (χ1v) is 6.09. The highest BCUT2D eigenvalue weighted by Crippen LogP contribution is 2.19. The number of benzene rings is 1. The molecule has 0 amide bonds. The van der Waals surface area contributed by atoms with Crippen molar-refractivity contribution in [3.63, 3.8) is 0 Å². The monoisotopic (exact) mass is 226 g/mol. The maximum Gasteiger partial charge on any atom is 0.139 e. The van der Waals surface area contributed by atoms with E-state index in [1.165, 1.54) is 12.8 Å². The lowest BCUT2D eigenvalue weighted by Gasteiger charge is -2.07. The normalized spacial score (nSPS) is 10.4. The lowest BCUT2D eigenvalue weighted by atomic mass is 10.1. The predicted molar refractivity (Wildman–Crippen MR) is 72.7 cm³/mol. The number of aryl methyl sites for hydroxylation is 1. The zero-order valence-corrected chi connectivity index (χ0v) is 10.3. The molecule has 88 valence electrons. The van der Waals surface area contributed by atoms with Crippen LogP contribution in [0.3, 0.4) is 0 Å². The van der Waals surface area contributed by atoms with E-state index < -0.39 is 0 Å². The summed E-state index contributed by atoms with van der Waals surface area (Å²) >= 11 is 0. The zero-order chi connectivity index (χ0) is 12.1. The Balaban J connectivity index is 2.25. The smallest absolute Gasteiger partial charge is 0.139 e. The summed E-state index contributed by atoms with van der Waals surface area (Å²) in [5.74, 6) is 1.05. The molecule has 0 aliphatic rings. The molecule has 0 N–H and O–H groups in total. The highest BCUT2D eigenvalue weighted by Gasteiger charge is 2.04. The second-order valence-electron chi connectivity index (χ2n) is 4.12. The van der Waals surface area contributed by atoms with Gasteiger partial charge >= 0.3 is 0 Å². The van der Waals surface area contributed by atoms with Gasteiger partial charge in [0.2, 0.25) is 0 Å². The molecule has 1 heterocycles. The van der Waals surface area contributed by atoms with Gasteiger partial charge in [0.1, 0.15) is 5.82 Å². The largest absolute Gasteiger partial charge is 0.331 e. The van der Waals surface area contributed by atoms with Gasteiger partial charge < -0.3 is 4.57 Å². The Morgan fingerprint density at radius 3 is 2.71 bits per heavy atom. The molecule has 0 saturated heterocycles. The van der Waals surface area contributed by atoms with Crippen LogP contribution < -0.4 is 0 Å². The number of nitrogens with zero attached hydrogens (tertiary/aromatic N) is 2. The molecule has 2 aromatic rings. The van der Waals surface area contributed by atoms with Gasteiger partial charge in [-0.3, -0.25) is 0 Å². The fourth-order valence-corrected chi connectivity index (χ4v) is 1.85. The molecule has 0 aliphatic heterocycles. The SMILES string of the molecule is C=Cc1ccc(-c2nccn2CCCC)cc1. The van der Waals surface area contributed by atoms with Crippen LogP contribution >= 0.6 is 0 Å². The van der Waals surface area contributed by atoms with Crippen LogP contribution in [0.5, 0.6) is 0 Å². The van der Waals surface area contributed by atoms with Gasteiger partial charge in [0.15, 0.2) is 0 Å². The Labute approximate surface area is 103 Å². The van der Waals surface area contributed by atoms with E-state index in [9.17, 15) is 0 Å². The van der Waals surface area contributed by atoms with Crippen molar-refractivity contribution >= 4 is 6.08 Å². The van der Waals surface area contributed by atoms with Crippen molar-refractivity contribution in [2.45, 2.75) is 26.3 Å². The Kier molecular flexibility index (Phi) is 3.76. The minimum atomic E-state index is 1.04. The summed E-state index contributed by atoms with van der Waals surface area (Å²) in [6.45, 7) is 7.00. The van der Waals surface area contributed by atoms with Crippen molar-refractivity contribution in [1.29, 1.82) is 0 Å². The van der Waals surface area contributed by atoms with Gasteiger partial charge in [-0.05, 0) is 12.0 Å². The third-order valence-electron chi connectivity index (χ3n) is 2.87. The maximum atomic E-state index is 4.43. The molecule has 0 bridgehead atoms. The molecule has 2 heteroatoms. The lowest BCUT2D eigenvalue weighted by Crippen LogP contribution is -1.99. The lowest BCUT2D eigenvalue weighted by molar-refractivity contribution is 0.637. The second-order valence-corrected chi connectivity index (χ2v) is 4.12. The predicted octanol–water partition coefficient (Wildman–Crippen LogP) is 3.99. The minimum Gasteiger partial charge on any atom is -0.331 e. The van der Waals surface area contributed by atoms with Crippen LogP contribution in [-0.4, -0.2) is 9.55 Å². The molecule has 2 rings (SSSR count). The summed E-state index contributed by atoms with van der Waals surface area (Å²) in [6, 6.07) is 8.34. The van der Waals surface area contributed by atoms with Gasteiger partial charge in [-0.1, -0.05) is 50.3 Å².